The van der Waals surface area contributed by atoms with Gasteiger partial charge in [-0.3, -0.25) is 4.79 Å². The molecule has 0 fully saturated rings. The van der Waals surface area contributed by atoms with Gasteiger partial charge in [-0.1, -0.05) is 0 Å². The predicted octanol–water partition coefficient (Wildman–Crippen LogP) is 0.0785. The summed E-state index contributed by atoms with van der Waals surface area (Å²) in [5.74, 6) is -0.573. The first kappa shape index (κ1) is 16.4. The third kappa shape index (κ3) is 4.20. The van der Waals surface area contributed by atoms with Crippen LogP contribution in [0.15, 0.2) is 28.0 Å². The van der Waals surface area contributed by atoms with Crippen molar-refractivity contribution in [3.8, 4) is 0 Å². The zero-order valence-electron chi connectivity index (χ0n) is 11.2. The van der Waals surface area contributed by atoms with E-state index in [-0.39, 0.29) is 22.0 Å². The van der Waals surface area contributed by atoms with E-state index in [1.54, 1.807) is 0 Å². The smallest absolute Gasteiger partial charge is 0.325 e. The van der Waals surface area contributed by atoms with Gasteiger partial charge in [-0.15, -0.1) is 0 Å². The predicted molar refractivity (Wildman–Crippen MR) is 73.2 cm³/mol. The first-order valence-electron chi connectivity index (χ1n) is 5.40. The van der Waals surface area contributed by atoms with Gasteiger partial charge in [0.05, 0.1) is 22.6 Å². The van der Waals surface area contributed by atoms with Gasteiger partial charge in [-0.05, 0) is 18.2 Å². The van der Waals surface area contributed by atoms with Gasteiger partial charge in [0.2, 0.25) is 0 Å². The summed E-state index contributed by atoms with van der Waals surface area (Å²) in [6.45, 7) is -0.225. The van der Waals surface area contributed by atoms with Crippen LogP contribution >= 0.6 is 0 Å². The monoisotopic (exact) mass is 321 g/mol. The van der Waals surface area contributed by atoms with E-state index in [1.165, 1.54) is 19.2 Å². The molecular formula is C11H15NO6S2. The second-order valence-electron chi connectivity index (χ2n) is 4.13. The van der Waals surface area contributed by atoms with Gasteiger partial charge in [0.25, 0.3) is 0 Å². The van der Waals surface area contributed by atoms with E-state index in [4.69, 9.17) is 0 Å². The number of ether oxygens (including phenoxy) is 1. The first-order valence-corrected chi connectivity index (χ1v) is 9.19. The Kier molecular flexibility index (Phi) is 4.77. The summed E-state index contributed by atoms with van der Waals surface area (Å²) in [6, 6.07) is 3.63. The number of hydrogen-bond acceptors (Lipinski definition) is 7. The molecule has 0 unspecified atom stereocenters. The van der Waals surface area contributed by atoms with E-state index < -0.39 is 25.6 Å². The quantitative estimate of drug-likeness (QED) is 0.765. The normalized spacial score (nSPS) is 11.9. The van der Waals surface area contributed by atoms with Crippen molar-refractivity contribution >= 4 is 31.3 Å². The van der Waals surface area contributed by atoms with Crippen molar-refractivity contribution in [3.63, 3.8) is 0 Å². The molecule has 0 atom stereocenters. The molecule has 0 aliphatic carbocycles. The fourth-order valence-electron chi connectivity index (χ4n) is 1.43. The number of benzene rings is 1. The number of esters is 1. The van der Waals surface area contributed by atoms with E-state index in [1.807, 2.05) is 0 Å². The Labute approximate surface area is 117 Å². The lowest BCUT2D eigenvalue weighted by atomic mass is 10.3. The highest BCUT2D eigenvalue weighted by Crippen LogP contribution is 2.24. The second kappa shape index (κ2) is 5.80. The van der Waals surface area contributed by atoms with Gasteiger partial charge in [-0.25, -0.2) is 16.8 Å². The molecule has 0 aliphatic heterocycles. The Balaban J connectivity index is 3.29. The van der Waals surface area contributed by atoms with Crippen LogP contribution in [0.2, 0.25) is 0 Å². The molecule has 112 valence electrons. The number of carbonyl (C=O) groups is 1. The molecule has 9 heteroatoms. The molecule has 1 rings (SSSR count). The van der Waals surface area contributed by atoms with Crippen LogP contribution in [0.4, 0.5) is 5.69 Å². The average Bonchev–Trinajstić information content (AvgIpc) is 2.33. The minimum atomic E-state index is -3.65. The van der Waals surface area contributed by atoms with Crippen molar-refractivity contribution in [1.29, 1.82) is 0 Å². The number of anilines is 1. The SMILES string of the molecule is COC(=O)CNc1ccc(S(C)(=O)=O)cc1S(C)(=O)=O. The molecule has 0 bridgehead atoms. The van der Waals surface area contributed by atoms with Gasteiger partial charge >= 0.3 is 5.97 Å². The molecule has 0 saturated heterocycles. The first-order chi connectivity index (χ1) is 9.05. The summed E-state index contributed by atoms with van der Waals surface area (Å²) >= 11 is 0. The molecule has 0 heterocycles. The van der Waals surface area contributed by atoms with Gasteiger partial charge in [0.15, 0.2) is 19.7 Å². The van der Waals surface area contributed by atoms with Crippen molar-refractivity contribution in [2.45, 2.75) is 9.79 Å². The summed E-state index contributed by atoms with van der Waals surface area (Å²) in [5.41, 5.74) is 0.144. The van der Waals surface area contributed by atoms with E-state index in [9.17, 15) is 21.6 Å². The molecule has 0 aliphatic rings. The highest BCUT2D eigenvalue weighted by molar-refractivity contribution is 7.91. The standard InChI is InChI=1S/C11H15NO6S2/c1-18-11(13)7-12-9-5-4-8(19(2,14)15)6-10(9)20(3,16)17/h4-6,12H,7H2,1-3H3. The fourth-order valence-corrected chi connectivity index (χ4v) is 3.03. The Morgan fingerprint density at radius 1 is 1.15 bits per heavy atom. The maximum absolute atomic E-state index is 11.7. The Morgan fingerprint density at radius 2 is 1.75 bits per heavy atom. The van der Waals surface area contributed by atoms with Crippen LogP contribution in [0.25, 0.3) is 0 Å². The highest BCUT2D eigenvalue weighted by Gasteiger charge is 2.18. The van der Waals surface area contributed by atoms with Crippen molar-refractivity contribution in [3.05, 3.63) is 18.2 Å². The van der Waals surface area contributed by atoms with Crippen molar-refractivity contribution in [2.24, 2.45) is 0 Å². The molecule has 0 amide bonds. The van der Waals surface area contributed by atoms with Gasteiger partial charge in [0.1, 0.15) is 6.54 Å². The van der Waals surface area contributed by atoms with Crippen LogP contribution in [0.3, 0.4) is 0 Å². The zero-order valence-corrected chi connectivity index (χ0v) is 12.8. The van der Waals surface area contributed by atoms with E-state index >= 15 is 0 Å². The van der Waals surface area contributed by atoms with Crippen LogP contribution in [0.5, 0.6) is 0 Å². The number of hydrogen-bond donors (Lipinski definition) is 1. The Morgan fingerprint density at radius 3 is 2.20 bits per heavy atom. The molecule has 0 spiro atoms. The lowest BCUT2D eigenvalue weighted by Crippen LogP contribution is -2.17. The minimum absolute atomic E-state index is 0.110. The molecule has 20 heavy (non-hydrogen) atoms. The average molecular weight is 321 g/mol. The number of sulfone groups is 2. The summed E-state index contributed by atoms with van der Waals surface area (Å²) < 4.78 is 50.7. The van der Waals surface area contributed by atoms with Gasteiger partial charge < -0.3 is 10.1 Å². The summed E-state index contributed by atoms with van der Waals surface area (Å²) in [4.78, 5) is 10.7. The third-order valence-electron chi connectivity index (χ3n) is 2.43. The van der Waals surface area contributed by atoms with Crippen molar-refractivity contribution in [2.75, 3.05) is 31.5 Å². The lowest BCUT2D eigenvalue weighted by molar-refractivity contribution is -0.138. The Hall–Kier alpha value is -1.61. The number of methoxy groups -OCH3 is 1. The van der Waals surface area contributed by atoms with Gasteiger partial charge in [0, 0.05) is 12.5 Å². The van der Waals surface area contributed by atoms with Crippen LogP contribution in [-0.2, 0) is 29.2 Å². The topological polar surface area (TPSA) is 107 Å². The number of rotatable bonds is 5. The van der Waals surface area contributed by atoms with Crippen molar-refractivity contribution < 1.29 is 26.4 Å². The summed E-state index contributed by atoms with van der Waals surface area (Å²) in [6.07, 6.45) is 1.94. The second-order valence-corrected chi connectivity index (χ2v) is 8.13. The zero-order chi connectivity index (χ0) is 15.6. The number of nitrogens with one attached hydrogen (secondary N) is 1. The largest absolute Gasteiger partial charge is 0.468 e. The third-order valence-corrected chi connectivity index (χ3v) is 4.68. The maximum atomic E-state index is 11.7. The lowest BCUT2D eigenvalue weighted by Gasteiger charge is -2.11. The van der Waals surface area contributed by atoms with E-state index in [0.29, 0.717) is 0 Å². The van der Waals surface area contributed by atoms with Crippen LogP contribution in [-0.4, -0.2) is 49.0 Å². The summed E-state index contributed by atoms with van der Waals surface area (Å²) in [5, 5.41) is 2.60. The van der Waals surface area contributed by atoms with Crippen LogP contribution in [0.1, 0.15) is 0 Å². The molecule has 1 aromatic rings. The Bertz CT molecular complexity index is 721. The molecule has 1 N–H and O–H groups in total. The maximum Gasteiger partial charge on any atom is 0.325 e. The van der Waals surface area contributed by atoms with Crippen LogP contribution in [0, 0.1) is 0 Å². The number of carbonyl (C=O) groups excluding carboxylic acids is 1. The molecule has 0 aromatic heterocycles. The summed E-state index contributed by atoms with van der Waals surface area (Å²) in [7, 11) is -5.97. The molecule has 0 saturated carbocycles. The van der Waals surface area contributed by atoms with E-state index in [0.717, 1.165) is 18.6 Å². The molecule has 7 nitrogen and oxygen atoms in total. The van der Waals surface area contributed by atoms with Crippen molar-refractivity contribution in [1.82, 2.24) is 0 Å². The molecule has 0 radical (unpaired) electrons. The van der Waals surface area contributed by atoms with Crippen LogP contribution < -0.4 is 5.32 Å². The fraction of sp³-hybridized carbons (Fsp3) is 0.364. The van der Waals surface area contributed by atoms with E-state index in [2.05, 4.69) is 10.1 Å². The minimum Gasteiger partial charge on any atom is -0.468 e. The molecular weight excluding hydrogens is 306 g/mol. The molecule has 1 aromatic carbocycles. The van der Waals surface area contributed by atoms with Gasteiger partial charge in [-0.2, -0.15) is 0 Å². The highest BCUT2D eigenvalue weighted by atomic mass is 32.2.